The minimum absolute atomic E-state index is 0.0361. The Kier molecular flexibility index (Phi) is 3.85. The summed E-state index contributed by atoms with van der Waals surface area (Å²) in [6.07, 6.45) is -3.09. The van der Waals surface area contributed by atoms with Crippen LogP contribution in [0, 0.1) is 15.2 Å². The lowest BCUT2D eigenvalue weighted by molar-refractivity contribution is -0.0605. The Balaban J connectivity index is 2.51. The molecule has 0 aromatic carbocycles. The van der Waals surface area contributed by atoms with Gasteiger partial charge in [-0.2, -0.15) is 0 Å². The Morgan fingerprint density at radius 1 is 1.58 bits per heavy atom. The number of hydrogen-bond donors (Lipinski definition) is 3. The van der Waals surface area contributed by atoms with Gasteiger partial charge in [-0.3, -0.25) is 4.57 Å². The summed E-state index contributed by atoms with van der Waals surface area (Å²) in [4.78, 5) is 2.40. The topological polar surface area (TPSA) is 70.4 Å². The van der Waals surface area contributed by atoms with Gasteiger partial charge in [-0.25, -0.2) is 8.78 Å². The number of aliphatic hydroxyl groups is 2. The van der Waals surface area contributed by atoms with Gasteiger partial charge in [-0.15, -0.1) is 0 Å². The zero-order valence-electron chi connectivity index (χ0n) is 9.84. The molecule has 1 unspecified atom stereocenters. The average molecular weight is 310 g/mol. The van der Waals surface area contributed by atoms with Crippen molar-refractivity contribution in [2.75, 3.05) is 6.61 Å². The molecule has 0 bridgehead atoms. The van der Waals surface area contributed by atoms with Crippen LogP contribution in [0.4, 0.5) is 8.78 Å². The van der Waals surface area contributed by atoms with Gasteiger partial charge in [0.05, 0.1) is 6.61 Å². The van der Waals surface area contributed by atoms with E-state index in [4.69, 9.17) is 22.1 Å². The Hall–Kier alpha value is -0.740. The summed E-state index contributed by atoms with van der Waals surface area (Å²) in [6.45, 7) is 0.537. The predicted molar refractivity (Wildman–Crippen MR) is 66.9 cm³/mol. The molecule has 1 fully saturated rings. The fraction of sp³-hybridized carbons (Fsp3) is 0.600. The van der Waals surface area contributed by atoms with E-state index in [0.29, 0.717) is 0 Å². The molecular formula is C10H12F2N2O3S2. The second-order valence-corrected chi connectivity index (χ2v) is 5.24. The highest BCUT2D eigenvalue weighted by Crippen LogP contribution is 2.41. The van der Waals surface area contributed by atoms with Gasteiger partial charge in [-0.1, -0.05) is 12.2 Å². The van der Waals surface area contributed by atoms with Crippen LogP contribution in [0.1, 0.15) is 13.2 Å². The van der Waals surface area contributed by atoms with Crippen molar-refractivity contribution in [1.82, 2.24) is 9.55 Å². The first-order valence-corrected chi connectivity index (χ1v) is 6.25. The highest BCUT2D eigenvalue weighted by molar-refractivity contribution is 7.72. The molecule has 19 heavy (non-hydrogen) atoms. The van der Waals surface area contributed by atoms with E-state index in [2.05, 4.69) is 17.2 Å². The van der Waals surface area contributed by atoms with Crippen molar-refractivity contribution in [3.8, 4) is 0 Å². The highest BCUT2D eigenvalue weighted by Gasteiger charge is 2.54. The quantitative estimate of drug-likeness (QED) is 0.720. The fourth-order valence-electron chi connectivity index (χ4n) is 2.00. The van der Waals surface area contributed by atoms with Gasteiger partial charge in [0, 0.05) is 6.20 Å². The zero-order valence-corrected chi connectivity index (χ0v) is 11.5. The molecule has 1 aliphatic rings. The number of aromatic amines is 1. The lowest BCUT2D eigenvalue weighted by Crippen LogP contribution is -2.40. The minimum Gasteiger partial charge on any atom is -0.394 e. The first-order valence-electron chi connectivity index (χ1n) is 5.43. The van der Waals surface area contributed by atoms with E-state index in [1.54, 1.807) is 0 Å². The molecular weight excluding hydrogens is 298 g/mol. The molecule has 1 saturated heterocycles. The van der Waals surface area contributed by atoms with Crippen LogP contribution in [0.3, 0.4) is 0 Å². The molecule has 2 heterocycles. The van der Waals surface area contributed by atoms with Crippen LogP contribution in [0.25, 0.3) is 0 Å². The number of nitrogens with one attached hydrogen (secondary N) is 1. The van der Waals surface area contributed by atoms with Gasteiger partial charge in [0.25, 0.3) is 0 Å². The van der Waals surface area contributed by atoms with Crippen LogP contribution < -0.4 is 0 Å². The van der Waals surface area contributed by atoms with E-state index >= 15 is 0 Å². The summed E-state index contributed by atoms with van der Waals surface area (Å²) in [7, 11) is 0. The number of ether oxygens (including phenoxy) is 1. The minimum atomic E-state index is -2.23. The van der Waals surface area contributed by atoms with E-state index in [9.17, 15) is 13.9 Å². The average Bonchev–Trinajstić information content (AvgIpc) is 2.56. The summed E-state index contributed by atoms with van der Waals surface area (Å²) in [6, 6.07) is 0. The van der Waals surface area contributed by atoms with Crippen molar-refractivity contribution in [3.63, 3.8) is 0 Å². The third-order valence-corrected chi connectivity index (χ3v) is 3.68. The van der Waals surface area contributed by atoms with Gasteiger partial charge in [0.15, 0.2) is 22.5 Å². The molecule has 0 saturated carbocycles. The Bertz CT molecular complexity index is 601. The van der Waals surface area contributed by atoms with Gasteiger partial charge >= 0.3 is 0 Å². The van der Waals surface area contributed by atoms with Crippen molar-refractivity contribution >= 4 is 24.4 Å². The van der Waals surface area contributed by atoms with Crippen LogP contribution in [0.2, 0.25) is 0 Å². The monoisotopic (exact) mass is 310 g/mol. The fourth-order valence-corrected chi connectivity index (χ4v) is 2.46. The zero-order chi connectivity index (χ0) is 14.4. The standard InChI is InChI=1S/C10H12F2N2O3S2/c1-10(12)6(16)5(3-15)17-8(10)14-2-4(11)7(18)13-9(14)19/h2,5-6,8,15-16H,3H2,1H3,(H,13,18,19)/t5-,6+,8-,10?/m1/s1. The lowest BCUT2D eigenvalue weighted by Gasteiger charge is -2.25. The van der Waals surface area contributed by atoms with Gasteiger partial charge < -0.3 is 19.9 Å². The van der Waals surface area contributed by atoms with Crippen LogP contribution in [-0.4, -0.2) is 44.2 Å². The molecule has 1 aromatic rings. The maximum Gasteiger partial charge on any atom is 0.181 e. The second-order valence-electron chi connectivity index (χ2n) is 4.45. The molecule has 2 rings (SSSR count). The van der Waals surface area contributed by atoms with Crippen molar-refractivity contribution in [1.29, 1.82) is 0 Å². The molecule has 9 heteroatoms. The third-order valence-electron chi connectivity index (χ3n) is 3.07. The molecule has 0 amide bonds. The number of aromatic nitrogens is 2. The van der Waals surface area contributed by atoms with Crippen LogP contribution >= 0.6 is 24.4 Å². The van der Waals surface area contributed by atoms with Gasteiger partial charge in [0.1, 0.15) is 16.8 Å². The number of hydrogen-bond acceptors (Lipinski definition) is 5. The smallest absolute Gasteiger partial charge is 0.181 e. The molecule has 1 aromatic heterocycles. The van der Waals surface area contributed by atoms with Crippen molar-refractivity contribution in [2.45, 2.75) is 31.0 Å². The summed E-state index contributed by atoms with van der Waals surface area (Å²) in [5.74, 6) is -0.787. The predicted octanol–water partition coefficient (Wildman–Crippen LogP) is 1.39. The maximum atomic E-state index is 14.5. The lowest BCUT2D eigenvalue weighted by atomic mass is 9.98. The van der Waals surface area contributed by atoms with E-state index in [1.165, 1.54) is 0 Å². The Morgan fingerprint density at radius 3 is 2.74 bits per heavy atom. The second kappa shape index (κ2) is 4.98. The van der Waals surface area contributed by atoms with E-state index in [1.807, 2.05) is 0 Å². The number of alkyl halides is 1. The Labute approximate surface area is 117 Å². The first kappa shape index (κ1) is 14.7. The molecule has 0 radical (unpaired) electrons. The summed E-state index contributed by atoms with van der Waals surface area (Å²) in [5.41, 5.74) is -2.23. The molecule has 4 atom stereocenters. The SMILES string of the molecule is CC1(F)[C@@H](O)[C@@H](CO)O[C@H]1n1cc(F)c(=S)[nH]c1=S. The Morgan fingerprint density at radius 2 is 2.21 bits per heavy atom. The number of aliphatic hydroxyl groups excluding tert-OH is 2. The summed E-state index contributed by atoms with van der Waals surface area (Å²) >= 11 is 9.60. The number of nitrogens with zero attached hydrogens (tertiary/aromatic N) is 1. The number of halogens is 2. The normalized spacial score (nSPS) is 34.7. The molecule has 0 spiro atoms. The largest absolute Gasteiger partial charge is 0.394 e. The summed E-state index contributed by atoms with van der Waals surface area (Å²) in [5, 5.41) is 18.7. The molecule has 3 N–H and O–H groups in total. The highest BCUT2D eigenvalue weighted by atomic mass is 32.1. The van der Waals surface area contributed by atoms with Crippen molar-refractivity contribution in [3.05, 3.63) is 21.4 Å². The van der Waals surface area contributed by atoms with Crippen molar-refractivity contribution in [2.24, 2.45) is 0 Å². The first-order chi connectivity index (χ1) is 8.78. The maximum absolute atomic E-state index is 14.5. The van der Waals surface area contributed by atoms with Crippen LogP contribution in [0.15, 0.2) is 6.20 Å². The molecule has 1 aliphatic heterocycles. The van der Waals surface area contributed by atoms with E-state index < -0.39 is 36.5 Å². The molecule has 5 nitrogen and oxygen atoms in total. The van der Waals surface area contributed by atoms with Gasteiger partial charge in [0.2, 0.25) is 0 Å². The number of rotatable bonds is 2. The molecule has 0 aliphatic carbocycles. The molecule has 106 valence electrons. The van der Waals surface area contributed by atoms with E-state index in [-0.39, 0.29) is 9.41 Å². The summed E-state index contributed by atoms with van der Waals surface area (Å²) < 4.78 is 33.9. The van der Waals surface area contributed by atoms with Gasteiger partial charge in [-0.05, 0) is 19.1 Å². The van der Waals surface area contributed by atoms with Crippen LogP contribution in [0.5, 0.6) is 0 Å². The van der Waals surface area contributed by atoms with Crippen LogP contribution in [-0.2, 0) is 4.74 Å². The van der Waals surface area contributed by atoms with Crippen molar-refractivity contribution < 1.29 is 23.7 Å². The van der Waals surface area contributed by atoms with E-state index in [0.717, 1.165) is 17.7 Å². The number of H-pyrrole nitrogens is 1. The third kappa shape index (κ3) is 2.36.